The third kappa shape index (κ3) is 3.68. The summed E-state index contributed by atoms with van der Waals surface area (Å²) in [5.41, 5.74) is -0.281. The molecule has 0 radical (unpaired) electrons. The largest absolute Gasteiger partial charge is 0.433 e. The van der Waals surface area contributed by atoms with E-state index in [4.69, 9.17) is 0 Å². The lowest BCUT2D eigenvalue weighted by Gasteiger charge is -2.28. The Morgan fingerprint density at radius 1 is 1.16 bits per heavy atom. The molecule has 31 heavy (non-hydrogen) atoms. The van der Waals surface area contributed by atoms with Crippen molar-refractivity contribution in [3.63, 3.8) is 0 Å². The fraction of sp³-hybridized carbons (Fsp3) is 0.435. The summed E-state index contributed by atoms with van der Waals surface area (Å²) in [5.74, 6) is 1.34. The Morgan fingerprint density at radius 2 is 1.94 bits per heavy atom. The molecule has 3 aromatic rings. The maximum atomic E-state index is 13.7. The van der Waals surface area contributed by atoms with Gasteiger partial charge in [-0.3, -0.25) is 4.79 Å². The number of hydrogen-bond acceptors (Lipinski definition) is 3. The number of carbonyl (C=O) groups is 1. The Balaban J connectivity index is 1.46. The van der Waals surface area contributed by atoms with Crippen LogP contribution in [0.4, 0.5) is 13.2 Å². The highest BCUT2D eigenvalue weighted by Gasteiger charge is 2.42. The molecule has 5 nitrogen and oxygen atoms in total. The molecule has 2 aromatic heterocycles. The maximum absolute atomic E-state index is 13.7. The number of fused-ring (bicyclic) bond motifs is 3. The van der Waals surface area contributed by atoms with E-state index in [0.717, 1.165) is 18.4 Å². The Morgan fingerprint density at radius 3 is 2.58 bits per heavy atom. The quantitative estimate of drug-likeness (QED) is 0.638. The number of rotatable bonds is 4. The normalized spacial score (nSPS) is 23.9. The molecule has 0 spiro atoms. The van der Waals surface area contributed by atoms with Gasteiger partial charge >= 0.3 is 6.18 Å². The third-order valence-corrected chi connectivity index (χ3v) is 6.81. The highest BCUT2D eigenvalue weighted by molar-refractivity contribution is 5.93. The molecule has 5 rings (SSSR count). The van der Waals surface area contributed by atoms with Gasteiger partial charge in [-0.2, -0.15) is 18.3 Å². The summed E-state index contributed by atoms with van der Waals surface area (Å²) in [5, 5.41) is 6.93. The molecule has 0 unspecified atom stereocenters. The van der Waals surface area contributed by atoms with E-state index in [-0.39, 0.29) is 23.1 Å². The second-order valence-electron chi connectivity index (χ2n) is 8.79. The SMILES string of the molecule is C[C@@H](NC(=O)c1cc2nc(-c3ccccc3)cc(C(F)(F)F)n2n1)[C@@H]1C[C@@H]2CC[C@@H]1C2. The number of alkyl halides is 3. The molecule has 2 bridgehead atoms. The van der Waals surface area contributed by atoms with Crippen molar-refractivity contribution >= 4 is 11.6 Å². The van der Waals surface area contributed by atoms with E-state index >= 15 is 0 Å². The van der Waals surface area contributed by atoms with Gasteiger partial charge in [0.1, 0.15) is 0 Å². The average Bonchev–Trinajstić information content (AvgIpc) is 3.48. The van der Waals surface area contributed by atoms with Crippen molar-refractivity contribution in [2.24, 2.45) is 17.8 Å². The summed E-state index contributed by atoms with van der Waals surface area (Å²) in [4.78, 5) is 17.1. The van der Waals surface area contributed by atoms with Crippen LogP contribution in [0.5, 0.6) is 0 Å². The molecular formula is C23H23F3N4O. The lowest BCUT2D eigenvalue weighted by molar-refractivity contribution is -0.142. The van der Waals surface area contributed by atoms with Crippen LogP contribution in [0.2, 0.25) is 0 Å². The van der Waals surface area contributed by atoms with Crippen molar-refractivity contribution in [1.82, 2.24) is 19.9 Å². The maximum Gasteiger partial charge on any atom is 0.433 e. The van der Waals surface area contributed by atoms with E-state index in [9.17, 15) is 18.0 Å². The van der Waals surface area contributed by atoms with Gasteiger partial charge in [-0.25, -0.2) is 9.50 Å². The lowest BCUT2D eigenvalue weighted by atomic mass is 9.84. The molecule has 162 valence electrons. The van der Waals surface area contributed by atoms with Gasteiger partial charge in [0.15, 0.2) is 17.0 Å². The molecule has 0 aliphatic heterocycles. The van der Waals surface area contributed by atoms with Crippen LogP contribution in [0.15, 0.2) is 42.5 Å². The van der Waals surface area contributed by atoms with E-state index in [1.165, 1.54) is 25.3 Å². The van der Waals surface area contributed by atoms with Crippen LogP contribution < -0.4 is 5.32 Å². The fourth-order valence-corrected chi connectivity index (χ4v) is 5.34. The fourth-order valence-electron chi connectivity index (χ4n) is 5.34. The van der Waals surface area contributed by atoms with E-state index < -0.39 is 17.8 Å². The first-order valence-electron chi connectivity index (χ1n) is 10.6. The molecule has 2 heterocycles. The number of nitrogens with one attached hydrogen (secondary N) is 1. The molecule has 4 atom stereocenters. The molecular weight excluding hydrogens is 405 g/mol. The van der Waals surface area contributed by atoms with Gasteiger partial charge in [0.25, 0.3) is 5.91 Å². The topological polar surface area (TPSA) is 59.3 Å². The molecule has 8 heteroatoms. The highest BCUT2D eigenvalue weighted by atomic mass is 19.4. The lowest BCUT2D eigenvalue weighted by Crippen LogP contribution is -2.40. The Hall–Kier alpha value is -2.90. The molecule has 2 saturated carbocycles. The summed E-state index contributed by atoms with van der Waals surface area (Å²) in [6.07, 6.45) is 0.160. The van der Waals surface area contributed by atoms with Crippen molar-refractivity contribution in [2.75, 3.05) is 0 Å². The number of benzene rings is 1. The Kier molecular flexibility index (Phi) is 4.75. The van der Waals surface area contributed by atoms with Crippen LogP contribution in [0.25, 0.3) is 16.9 Å². The molecule has 2 aliphatic carbocycles. The summed E-state index contributed by atoms with van der Waals surface area (Å²) in [6, 6.07) is 10.9. The van der Waals surface area contributed by atoms with Crippen molar-refractivity contribution in [1.29, 1.82) is 0 Å². The van der Waals surface area contributed by atoms with Crippen LogP contribution in [-0.2, 0) is 6.18 Å². The predicted molar refractivity (Wildman–Crippen MR) is 109 cm³/mol. The van der Waals surface area contributed by atoms with Crippen LogP contribution in [-0.4, -0.2) is 26.5 Å². The number of halogens is 3. The van der Waals surface area contributed by atoms with Gasteiger partial charge in [-0.15, -0.1) is 0 Å². The zero-order valence-corrected chi connectivity index (χ0v) is 17.1. The third-order valence-electron chi connectivity index (χ3n) is 6.81. The number of hydrogen-bond donors (Lipinski definition) is 1. The van der Waals surface area contributed by atoms with E-state index in [2.05, 4.69) is 15.4 Å². The minimum absolute atomic E-state index is 0.00796. The molecule has 1 N–H and O–H groups in total. The minimum atomic E-state index is -4.64. The van der Waals surface area contributed by atoms with Gasteiger partial charge in [0, 0.05) is 17.7 Å². The molecule has 0 saturated heterocycles. The monoisotopic (exact) mass is 428 g/mol. The van der Waals surface area contributed by atoms with Crippen LogP contribution >= 0.6 is 0 Å². The van der Waals surface area contributed by atoms with Gasteiger partial charge in [-0.05, 0) is 50.0 Å². The van der Waals surface area contributed by atoms with E-state index in [1.54, 1.807) is 30.3 Å². The predicted octanol–water partition coefficient (Wildman–Crippen LogP) is 4.97. The zero-order valence-electron chi connectivity index (χ0n) is 17.1. The van der Waals surface area contributed by atoms with Gasteiger partial charge < -0.3 is 5.32 Å². The molecule has 2 fully saturated rings. The molecule has 1 aromatic carbocycles. The van der Waals surface area contributed by atoms with Crippen molar-refractivity contribution in [2.45, 2.75) is 44.8 Å². The standard InChI is InChI=1S/C23H23F3N4O/c1-13(17-10-14-7-8-16(17)9-14)27-22(31)19-12-21-28-18(15-5-3-2-4-6-15)11-20(23(24,25)26)30(21)29-19/h2-6,11-14,16-17H,7-10H2,1H3,(H,27,31)/t13-,14-,16-,17+/m1/s1. The van der Waals surface area contributed by atoms with Crippen molar-refractivity contribution in [3.05, 3.63) is 53.9 Å². The van der Waals surface area contributed by atoms with Crippen molar-refractivity contribution in [3.8, 4) is 11.3 Å². The van der Waals surface area contributed by atoms with Crippen LogP contribution in [0, 0.1) is 17.8 Å². The summed E-state index contributed by atoms with van der Waals surface area (Å²) in [7, 11) is 0. The number of carbonyl (C=O) groups excluding carboxylic acids is 1. The first-order chi connectivity index (χ1) is 14.8. The summed E-state index contributed by atoms with van der Waals surface area (Å²) >= 11 is 0. The Bertz CT molecular complexity index is 1130. The smallest absolute Gasteiger partial charge is 0.348 e. The van der Waals surface area contributed by atoms with Gasteiger partial charge in [-0.1, -0.05) is 36.8 Å². The molecule has 2 aliphatic rings. The van der Waals surface area contributed by atoms with Gasteiger partial charge in [0.05, 0.1) is 5.69 Å². The van der Waals surface area contributed by atoms with Gasteiger partial charge in [0.2, 0.25) is 0 Å². The first-order valence-corrected chi connectivity index (χ1v) is 10.6. The van der Waals surface area contributed by atoms with Crippen molar-refractivity contribution < 1.29 is 18.0 Å². The minimum Gasteiger partial charge on any atom is -0.348 e. The summed E-state index contributed by atoms with van der Waals surface area (Å²) < 4.78 is 41.9. The number of amides is 1. The summed E-state index contributed by atoms with van der Waals surface area (Å²) in [6.45, 7) is 1.98. The highest BCUT2D eigenvalue weighted by Crippen LogP contribution is 2.49. The second kappa shape index (κ2) is 7.35. The van der Waals surface area contributed by atoms with E-state index in [1.807, 2.05) is 6.92 Å². The number of aromatic nitrogens is 3. The van der Waals surface area contributed by atoms with Crippen LogP contribution in [0.1, 0.15) is 48.8 Å². The average molecular weight is 428 g/mol. The van der Waals surface area contributed by atoms with Crippen LogP contribution in [0.3, 0.4) is 0 Å². The second-order valence-corrected chi connectivity index (χ2v) is 8.79. The Labute approximate surface area is 177 Å². The van der Waals surface area contributed by atoms with E-state index in [0.29, 0.717) is 21.9 Å². The number of nitrogens with zero attached hydrogens (tertiary/aromatic N) is 3. The first kappa shape index (κ1) is 20.0. The molecule has 1 amide bonds. The zero-order chi connectivity index (χ0) is 21.8.